The number of hydrogen-bond donors (Lipinski definition) is 2. The first-order chi connectivity index (χ1) is 7.13. The lowest BCUT2D eigenvalue weighted by Gasteiger charge is -2.07. The first-order valence-electron chi connectivity index (χ1n) is 4.74. The average Bonchev–Trinajstić information content (AvgIpc) is 2.17. The number of rotatable bonds is 1. The van der Waals surface area contributed by atoms with Gasteiger partial charge in [0, 0.05) is 5.39 Å². The van der Waals surface area contributed by atoms with Crippen molar-refractivity contribution in [2.75, 3.05) is 0 Å². The van der Waals surface area contributed by atoms with Gasteiger partial charge in [0.2, 0.25) is 0 Å². The van der Waals surface area contributed by atoms with E-state index in [4.69, 9.17) is 5.53 Å². The van der Waals surface area contributed by atoms with Gasteiger partial charge in [0.05, 0.1) is 0 Å². The summed E-state index contributed by atoms with van der Waals surface area (Å²) in [6.07, 6.45) is 0. The zero-order valence-electron chi connectivity index (χ0n) is 8.70. The Balaban J connectivity index is 2.90. The van der Waals surface area contributed by atoms with Crippen LogP contribution in [0.2, 0.25) is 0 Å². The average molecular weight is 200 g/mol. The van der Waals surface area contributed by atoms with Gasteiger partial charge in [-0.1, -0.05) is 23.8 Å². The standard InChI is InChI=1S/C12H12N2O/c1-7-3-4-10-9(5-7)6-8(2)11(14-13)12(10)15/h3-6,13,15H,1-2H3. The molecule has 3 heteroatoms. The highest BCUT2D eigenvalue weighted by Gasteiger charge is 2.09. The van der Waals surface area contributed by atoms with E-state index in [9.17, 15) is 5.11 Å². The Kier molecular flexibility index (Phi) is 2.15. The number of phenols is 1. The largest absolute Gasteiger partial charge is 0.505 e. The van der Waals surface area contributed by atoms with Gasteiger partial charge in [-0.2, -0.15) is 5.11 Å². The summed E-state index contributed by atoms with van der Waals surface area (Å²) in [7, 11) is 0. The van der Waals surface area contributed by atoms with Crippen molar-refractivity contribution in [3.8, 4) is 5.75 Å². The van der Waals surface area contributed by atoms with Gasteiger partial charge in [-0.25, -0.2) is 5.53 Å². The highest BCUT2D eigenvalue weighted by atomic mass is 16.3. The number of benzene rings is 2. The molecule has 0 amide bonds. The van der Waals surface area contributed by atoms with Crippen LogP contribution in [0.3, 0.4) is 0 Å². The summed E-state index contributed by atoms with van der Waals surface area (Å²) >= 11 is 0. The highest BCUT2D eigenvalue weighted by molar-refractivity contribution is 5.94. The third-order valence-electron chi connectivity index (χ3n) is 2.54. The van der Waals surface area contributed by atoms with Gasteiger partial charge < -0.3 is 5.11 Å². The van der Waals surface area contributed by atoms with Crippen molar-refractivity contribution >= 4 is 16.5 Å². The molecule has 2 N–H and O–H groups in total. The highest BCUT2D eigenvalue weighted by Crippen LogP contribution is 2.37. The molecule has 0 aliphatic rings. The fourth-order valence-corrected chi connectivity index (χ4v) is 1.77. The molecule has 0 bridgehead atoms. The van der Waals surface area contributed by atoms with Crippen molar-refractivity contribution in [2.45, 2.75) is 13.8 Å². The second-order valence-corrected chi connectivity index (χ2v) is 3.73. The third-order valence-corrected chi connectivity index (χ3v) is 2.54. The van der Waals surface area contributed by atoms with Crippen molar-refractivity contribution in [2.24, 2.45) is 5.11 Å². The maximum atomic E-state index is 9.91. The lowest BCUT2D eigenvalue weighted by molar-refractivity contribution is 0.482. The summed E-state index contributed by atoms with van der Waals surface area (Å²) in [6.45, 7) is 3.85. The molecule has 15 heavy (non-hydrogen) atoms. The Hall–Kier alpha value is -1.90. The maximum absolute atomic E-state index is 9.91. The monoisotopic (exact) mass is 200 g/mol. The van der Waals surface area contributed by atoms with E-state index < -0.39 is 0 Å². The minimum Gasteiger partial charge on any atom is -0.505 e. The number of nitrogens with zero attached hydrogens (tertiary/aromatic N) is 1. The Morgan fingerprint density at radius 1 is 1.20 bits per heavy atom. The first-order valence-corrected chi connectivity index (χ1v) is 4.74. The predicted molar refractivity (Wildman–Crippen MR) is 59.9 cm³/mol. The molecule has 0 heterocycles. The molecule has 0 aliphatic heterocycles. The van der Waals surface area contributed by atoms with E-state index in [-0.39, 0.29) is 5.75 Å². The van der Waals surface area contributed by atoms with Crippen LogP contribution in [-0.2, 0) is 0 Å². The molecule has 0 radical (unpaired) electrons. The molecule has 0 unspecified atom stereocenters. The molecule has 76 valence electrons. The van der Waals surface area contributed by atoms with Gasteiger partial charge in [0.1, 0.15) is 5.69 Å². The number of phenolic OH excluding ortho intramolecular Hbond substituents is 1. The Morgan fingerprint density at radius 2 is 1.93 bits per heavy atom. The zero-order valence-corrected chi connectivity index (χ0v) is 8.70. The molecule has 2 aromatic rings. The summed E-state index contributed by atoms with van der Waals surface area (Å²) in [5, 5.41) is 15.0. The SMILES string of the molecule is Cc1ccc2c(O)c(N=N)c(C)cc2c1. The van der Waals surface area contributed by atoms with E-state index in [1.54, 1.807) is 0 Å². The third kappa shape index (κ3) is 1.46. The van der Waals surface area contributed by atoms with Crippen LogP contribution in [0.4, 0.5) is 5.69 Å². The Bertz CT molecular complexity index is 547. The van der Waals surface area contributed by atoms with Crippen LogP contribution < -0.4 is 0 Å². The van der Waals surface area contributed by atoms with E-state index in [1.807, 2.05) is 38.1 Å². The molecule has 0 aliphatic carbocycles. The van der Waals surface area contributed by atoms with Crippen molar-refractivity contribution < 1.29 is 5.11 Å². The normalized spacial score (nSPS) is 10.5. The molecule has 0 saturated heterocycles. The van der Waals surface area contributed by atoms with Gasteiger partial charge in [0.25, 0.3) is 0 Å². The fourth-order valence-electron chi connectivity index (χ4n) is 1.77. The van der Waals surface area contributed by atoms with E-state index in [2.05, 4.69) is 5.11 Å². The molecule has 0 atom stereocenters. The van der Waals surface area contributed by atoms with Gasteiger partial charge in [-0.15, -0.1) is 0 Å². The van der Waals surface area contributed by atoms with Gasteiger partial charge in [0.15, 0.2) is 5.75 Å². The van der Waals surface area contributed by atoms with Crippen LogP contribution in [-0.4, -0.2) is 5.11 Å². The molecule has 0 saturated carbocycles. The molecule has 2 aromatic carbocycles. The van der Waals surface area contributed by atoms with Crippen molar-refractivity contribution in [3.63, 3.8) is 0 Å². The van der Waals surface area contributed by atoms with Crippen LogP contribution in [0.25, 0.3) is 10.8 Å². The topological polar surface area (TPSA) is 56.4 Å². The van der Waals surface area contributed by atoms with Gasteiger partial charge in [-0.3, -0.25) is 0 Å². The Labute approximate surface area is 87.9 Å². The summed E-state index contributed by atoms with van der Waals surface area (Å²) in [6, 6.07) is 7.74. The summed E-state index contributed by atoms with van der Waals surface area (Å²) in [4.78, 5) is 0. The maximum Gasteiger partial charge on any atom is 0.151 e. The summed E-state index contributed by atoms with van der Waals surface area (Å²) in [5.41, 5.74) is 9.33. The number of hydrogen-bond acceptors (Lipinski definition) is 3. The van der Waals surface area contributed by atoms with E-state index in [1.165, 1.54) is 0 Å². The Morgan fingerprint density at radius 3 is 2.60 bits per heavy atom. The number of aryl methyl sites for hydroxylation is 2. The molecule has 0 fully saturated rings. The van der Waals surface area contributed by atoms with Crippen LogP contribution >= 0.6 is 0 Å². The quantitative estimate of drug-likeness (QED) is 0.675. The van der Waals surface area contributed by atoms with E-state index >= 15 is 0 Å². The van der Waals surface area contributed by atoms with Crippen molar-refractivity contribution in [1.29, 1.82) is 5.53 Å². The van der Waals surface area contributed by atoms with Crippen LogP contribution in [0.15, 0.2) is 29.4 Å². The van der Waals surface area contributed by atoms with E-state index in [0.717, 1.165) is 21.9 Å². The van der Waals surface area contributed by atoms with Gasteiger partial charge >= 0.3 is 0 Å². The second kappa shape index (κ2) is 3.35. The molecular weight excluding hydrogens is 188 g/mol. The minimum absolute atomic E-state index is 0.0972. The molecular formula is C12H12N2O. The molecule has 0 aromatic heterocycles. The zero-order chi connectivity index (χ0) is 11.0. The number of fused-ring (bicyclic) bond motifs is 1. The summed E-state index contributed by atoms with van der Waals surface area (Å²) < 4.78 is 0. The lowest BCUT2D eigenvalue weighted by Crippen LogP contribution is -1.81. The second-order valence-electron chi connectivity index (χ2n) is 3.73. The molecule has 0 spiro atoms. The number of nitrogens with one attached hydrogen (secondary N) is 1. The van der Waals surface area contributed by atoms with Crippen LogP contribution in [0, 0.1) is 19.4 Å². The fraction of sp³-hybridized carbons (Fsp3) is 0.167. The summed E-state index contributed by atoms with van der Waals surface area (Å²) in [5.74, 6) is 0.0972. The van der Waals surface area contributed by atoms with Crippen molar-refractivity contribution in [3.05, 3.63) is 35.4 Å². The molecule has 2 rings (SSSR count). The first kappa shape index (κ1) is 9.65. The van der Waals surface area contributed by atoms with Crippen LogP contribution in [0.5, 0.6) is 5.75 Å². The lowest BCUT2D eigenvalue weighted by atomic mass is 10.0. The predicted octanol–water partition coefficient (Wildman–Crippen LogP) is 3.82. The smallest absolute Gasteiger partial charge is 0.151 e. The molecule has 3 nitrogen and oxygen atoms in total. The van der Waals surface area contributed by atoms with Crippen molar-refractivity contribution in [1.82, 2.24) is 0 Å². The van der Waals surface area contributed by atoms with Crippen LogP contribution in [0.1, 0.15) is 11.1 Å². The minimum atomic E-state index is 0.0972. The van der Waals surface area contributed by atoms with E-state index in [0.29, 0.717) is 5.69 Å². The number of aromatic hydroxyl groups is 1. The van der Waals surface area contributed by atoms with Gasteiger partial charge in [-0.05, 0) is 30.9 Å².